The summed E-state index contributed by atoms with van der Waals surface area (Å²) in [5.74, 6) is 0.253. The molecule has 1 heterocycles. The molecular formula is C13H19NO2S. The molecule has 2 atom stereocenters. The number of rotatable bonds is 2. The van der Waals surface area contributed by atoms with Gasteiger partial charge in [-0.1, -0.05) is 30.3 Å². The van der Waals surface area contributed by atoms with E-state index in [0.29, 0.717) is 6.42 Å². The van der Waals surface area contributed by atoms with Gasteiger partial charge in [0.05, 0.1) is 11.0 Å². The Morgan fingerprint density at radius 1 is 1.29 bits per heavy atom. The van der Waals surface area contributed by atoms with Crippen molar-refractivity contribution in [2.75, 3.05) is 12.3 Å². The van der Waals surface area contributed by atoms with Crippen molar-refractivity contribution in [2.45, 2.75) is 31.1 Å². The van der Waals surface area contributed by atoms with E-state index >= 15 is 0 Å². The monoisotopic (exact) mass is 253 g/mol. The highest BCUT2D eigenvalue weighted by atomic mass is 32.2. The molecule has 0 amide bonds. The molecule has 0 aliphatic carbocycles. The smallest absolute Gasteiger partial charge is 0.154 e. The van der Waals surface area contributed by atoms with E-state index in [1.165, 1.54) is 5.56 Å². The van der Waals surface area contributed by atoms with Crippen molar-refractivity contribution >= 4 is 9.84 Å². The molecule has 1 aliphatic heterocycles. The molecular weight excluding hydrogens is 234 g/mol. The number of benzene rings is 1. The highest BCUT2D eigenvalue weighted by molar-refractivity contribution is 7.92. The van der Waals surface area contributed by atoms with Crippen LogP contribution in [-0.2, 0) is 16.3 Å². The predicted octanol–water partition coefficient (Wildman–Crippen LogP) is 1.39. The lowest BCUT2D eigenvalue weighted by molar-refractivity contribution is 0.548. The predicted molar refractivity (Wildman–Crippen MR) is 69.8 cm³/mol. The van der Waals surface area contributed by atoms with Gasteiger partial charge in [0.2, 0.25) is 0 Å². The Morgan fingerprint density at radius 2 is 2.00 bits per heavy atom. The van der Waals surface area contributed by atoms with Crippen LogP contribution >= 0.6 is 0 Å². The van der Waals surface area contributed by atoms with Crippen molar-refractivity contribution in [3.8, 4) is 0 Å². The maximum Gasteiger partial charge on any atom is 0.154 e. The number of nitrogens with one attached hydrogen (secondary N) is 1. The van der Waals surface area contributed by atoms with Crippen LogP contribution in [0.25, 0.3) is 0 Å². The third kappa shape index (κ3) is 3.30. The normalized spacial score (nSPS) is 28.5. The summed E-state index contributed by atoms with van der Waals surface area (Å²) in [6, 6.07) is 10.1. The van der Waals surface area contributed by atoms with Crippen molar-refractivity contribution in [1.29, 1.82) is 0 Å². The SMILES string of the molecule is CC1CCNC(Cc2ccccc2)CS1(=O)=O. The second-order valence-corrected chi connectivity index (χ2v) is 7.23. The highest BCUT2D eigenvalue weighted by Gasteiger charge is 2.28. The fourth-order valence-corrected chi connectivity index (χ4v) is 3.81. The van der Waals surface area contributed by atoms with Gasteiger partial charge in [0.1, 0.15) is 0 Å². The Bertz CT molecular complexity index is 456. The Labute approximate surface area is 103 Å². The molecule has 0 bridgehead atoms. The first-order valence-electron chi connectivity index (χ1n) is 6.07. The zero-order valence-corrected chi connectivity index (χ0v) is 10.9. The summed E-state index contributed by atoms with van der Waals surface area (Å²) in [6.45, 7) is 2.60. The molecule has 1 N–H and O–H groups in total. The van der Waals surface area contributed by atoms with Crippen LogP contribution in [0.4, 0.5) is 0 Å². The summed E-state index contributed by atoms with van der Waals surface area (Å²) in [7, 11) is -2.93. The van der Waals surface area contributed by atoms with Gasteiger partial charge in [0, 0.05) is 6.04 Å². The summed E-state index contributed by atoms with van der Waals surface area (Å²) < 4.78 is 23.9. The van der Waals surface area contributed by atoms with Gasteiger partial charge in [-0.2, -0.15) is 0 Å². The minimum absolute atomic E-state index is 0.0485. The van der Waals surface area contributed by atoms with Gasteiger partial charge >= 0.3 is 0 Å². The molecule has 4 heteroatoms. The van der Waals surface area contributed by atoms with Crippen LogP contribution in [0.1, 0.15) is 18.9 Å². The second-order valence-electron chi connectivity index (χ2n) is 4.77. The largest absolute Gasteiger partial charge is 0.313 e. The minimum Gasteiger partial charge on any atom is -0.313 e. The van der Waals surface area contributed by atoms with Gasteiger partial charge in [-0.3, -0.25) is 0 Å². The zero-order chi connectivity index (χ0) is 12.3. The summed E-state index contributed by atoms with van der Waals surface area (Å²) in [5, 5.41) is 3.12. The van der Waals surface area contributed by atoms with E-state index in [0.717, 1.165) is 13.0 Å². The van der Waals surface area contributed by atoms with Gasteiger partial charge < -0.3 is 5.32 Å². The first kappa shape index (κ1) is 12.6. The molecule has 0 saturated carbocycles. The molecule has 2 rings (SSSR count). The van der Waals surface area contributed by atoms with Crippen LogP contribution in [0.5, 0.6) is 0 Å². The average Bonchev–Trinajstić information content (AvgIpc) is 2.40. The van der Waals surface area contributed by atoms with E-state index in [1.54, 1.807) is 0 Å². The maximum absolute atomic E-state index is 12.0. The number of hydrogen-bond donors (Lipinski definition) is 1. The van der Waals surface area contributed by atoms with Crippen LogP contribution in [0.2, 0.25) is 0 Å². The molecule has 0 aromatic heterocycles. The van der Waals surface area contributed by atoms with E-state index in [4.69, 9.17) is 0 Å². The van der Waals surface area contributed by atoms with Crippen LogP contribution < -0.4 is 5.32 Å². The van der Waals surface area contributed by atoms with Crippen molar-refractivity contribution in [2.24, 2.45) is 0 Å². The van der Waals surface area contributed by atoms with Crippen LogP contribution in [0.15, 0.2) is 30.3 Å². The summed E-state index contributed by atoms with van der Waals surface area (Å²) in [5.41, 5.74) is 1.19. The average molecular weight is 253 g/mol. The lowest BCUT2D eigenvalue weighted by Crippen LogP contribution is -2.35. The van der Waals surface area contributed by atoms with E-state index in [-0.39, 0.29) is 17.0 Å². The lowest BCUT2D eigenvalue weighted by atomic mass is 10.1. The molecule has 1 aromatic rings. The molecule has 1 fully saturated rings. The van der Waals surface area contributed by atoms with Gasteiger partial charge in [-0.15, -0.1) is 0 Å². The first-order valence-corrected chi connectivity index (χ1v) is 7.78. The standard InChI is InChI=1S/C13H19NO2S/c1-11-7-8-14-13(10-17(11,15)16)9-12-5-3-2-4-6-12/h2-6,11,13-14H,7-10H2,1H3. The minimum atomic E-state index is -2.93. The molecule has 1 saturated heterocycles. The fourth-order valence-electron chi connectivity index (χ4n) is 2.20. The maximum atomic E-state index is 12.0. The fraction of sp³-hybridized carbons (Fsp3) is 0.538. The van der Waals surface area contributed by atoms with Crippen molar-refractivity contribution < 1.29 is 8.42 Å². The van der Waals surface area contributed by atoms with Crippen molar-refractivity contribution in [3.05, 3.63) is 35.9 Å². The summed E-state index contributed by atoms with van der Waals surface area (Å²) in [6.07, 6.45) is 1.50. The van der Waals surface area contributed by atoms with Gasteiger partial charge in [0.15, 0.2) is 9.84 Å². The third-order valence-corrected chi connectivity index (χ3v) is 5.68. The van der Waals surface area contributed by atoms with Crippen molar-refractivity contribution in [3.63, 3.8) is 0 Å². The quantitative estimate of drug-likeness (QED) is 0.866. The molecule has 3 nitrogen and oxygen atoms in total. The Kier molecular flexibility index (Phi) is 3.84. The molecule has 0 radical (unpaired) electrons. The number of hydrogen-bond acceptors (Lipinski definition) is 3. The van der Waals surface area contributed by atoms with Crippen LogP contribution in [-0.4, -0.2) is 32.0 Å². The van der Waals surface area contributed by atoms with E-state index in [1.807, 2.05) is 37.3 Å². The molecule has 2 unspecified atom stereocenters. The van der Waals surface area contributed by atoms with Crippen molar-refractivity contribution in [1.82, 2.24) is 5.32 Å². The summed E-state index contributed by atoms with van der Waals surface area (Å²) in [4.78, 5) is 0. The topological polar surface area (TPSA) is 46.2 Å². The molecule has 94 valence electrons. The Balaban J connectivity index is 2.07. The van der Waals surface area contributed by atoms with E-state index in [2.05, 4.69) is 5.32 Å². The lowest BCUT2D eigenvalue weighted by Gasteiger charge is -2.15. The zero-order valence-electron chi connectivity index (χ0n) is 10.1. The second kappa shape index (κ2) is 5.19. The summed E-state index contributed by atoms with van der Waals surface area (Å²) >= 11 is 0. The molecule has 17 heavy (non-hydrogen) atoms. The Hall–Kier alpha value is -0.870. The van der Waals surface area contributed by atoms with Gasteiger partial charge in [-0.25, -0.2) is 8.42 Å². The van der Waals surface area contributed by atoms with E-state index < -0.39 is 9.84 Å². The first-order chi connectivity index (χ1) is 8.08. The third-order valence-electron chi connectivity index (χ3n) is 3.36. The van der Waals surface area contributed by atoms with Crippen LogP contribution in [0.3, 0.4) is 0 Å². The molecule has 1 aliphatic rings. The number of sulfone groups is 1. The Morgan fingerprint density at radius 3 is 2.71 bits per heavy atom. The molecule has 1 aromatic carbocycles. The van der Waals surface area contributed by atoms with Crippen LogP contribution in [0, 0.1) is 0 Å². The molecule has 0 spiro atoms. The van der Waals surface area contributed by atoms with Gasteiger partial charge in [-0.05, 0) is 31.9 Å². The van der Waals surface area contributed by atoms with E-state index in [9.17, 15) is 8.42 Å². The highest BCUT2D eigenvalue weighted by Crippen LogP contribution is 2.14. The van der Waals surface area contributed by atoms with Gasteiger partial charge in [0.25, 0.3) is 0 Å².